The van der Waals surface area contributed by atoms with E-state index in [1.807, 2.05) is 30.7 Å². The van der Waals surface area contributed by atoms with Crippen LogP contribution in [0, 0.1) is 20.8 Å². The molecule has 1 aromatic heterocycles. The first kappa shape index (κ1) is 11.5. The van der Waals surface area contributed by atoms with Gasteiger partial charge in [-0.1, -0.05) is 0 Å². The fourth-order valence-electron chi connectivity index (χ4n) is 1.82. The number of methoxy groups -OCH3 is 1. The largest absolute Gasteiger partial charge is 0.494 e. The Kier molecular flexibility index (Phi) is 2.79. The summed E-state index contributed by atoms with van der Waals surface area (Å²) in [6.07, 6.45) is 0. The van der Waals surface area contributed by atoms with Gasteiger partial charge in [0, 0.05) is 17.4 Å². The Labute approximate surface area is 101 Å². The highest BCUT2D eigenvalue weighted by atomic mass is 16.5. The van der Waals surface area contributed by atoms with Crippen molar-refractivity contribution in [3.8, 4) is 11.4 Å². The second-order valence-corrected chi connectivity index (χ2v) is 4.14. The molecule has 2 rings (SSSR count). The third kappa shape index (κ3) is 1.86. The van der Waals surface area contributed by atoms with Crippen LogP contribution in [0.4, 0.5) is 5.69 Å². The lowest BCUT2D eigenvalue weighted by Gasteiger charge is -2.10. The number of anilines is 1. The van der Waals surface area contributed by atoms with Crippen LogP contribution in [0.3, 0.4) is 0 Å². The van der Waals surface area contributed by atoms with Gasteiger partial charge in [0.05, 0.1) is 12.8 Å². The molecule has 2 aromatic rings. The molecule has 0 spiro atoms. The first-order chi connectivity index (χ1) is 8.04. The van der Waals surface area contributed by atoms with Crippen LogP contribution in [0.25, 0.3) is 5.69 Å². The Bertz CT molecular complexity index is 558. The monoisotopic (exact) mass is 231 g/mol. The number of nitrogen functional groups attached to an aromatic ring is 1. The maximum absolute atomic E-state index is 5.74. The third-order valence-corrected chi connectivity index (χ3v) is 3.09. The number of aryl methyl sites for hydroxylation is 1. The number of benzene rings is 1. The summed E-state index contributed by atoms with van der Waals surface area (Å²) in [6.45, 7) is 6.12. The Morgan fingerprint density at radius 2 is 1.94 bits per heavy atom. The average molecular weight is 231 g/mol. The quantitative estimate of drug-likeness (QED) is 0.807. The maximum atomic E-state index is 5.74. The average Bonchev–Trinajstić information content (AvgIpc) is 2.57. The van der Waals surface area contributed by atoms with Crippen molar-refractivity contribution in [1.29, 1.82) is 0 Å². The first-order valence-electron chi connectivity index (χ1n) is 5.51. The van der Waals surface area contributed by atoms with E-state index in [2.05, 4.69) is 12.0 Å². The van der Waals surface area contributed by atoms with Crippen LogP contribution in [-0.4, -0.2) is 16.9 Å². The lowest BCUT2D eigenvalue weighted by Crippen LogP contribution is -2.02. The van der Waals surface area contributed by atoms with E-state index in [0.717, 1.165) is 22.8 Å². The van der Waals surface area contributed by atoms with E-state index < -0.39 is 0 Å². The SMILES string of the molecule is COc1cc(N)ccc1-n1nc(C)c(C)c1C. The van der Waals surface area contributed by atoms with Crippen molar-refractivity contribution in [2.45, 2.75) is 20.8 Å². The van der Waals surface area contributed by atoms with Crippen molar-refractivity contribution >= 4 is 5.69 Å². The number of rotatable bonds is 2. The highest BCUT2D eigenvalue weighted by molar-refractivity contribution is 5.56. The number of ether oxygens (including phenoxy) is 1. The molecule has 0 atom stereocenters. The summed E-state index contributed by atoms with van der Waals surface area (Å²) in [4.78, 5) is 0. The van der Waals surface area contributed by atoms with Crippen molar-refractivity contribution in [1.82, 2.24) is 9.78 Å². The van der Waals surface area contributed by atoms with E-state index in [4.69, 9.17) is 10.5 Å². The lowest BCUT2D eigenvalue weighted by atomic mass is 10.2. The van der Waals surface area contributed by atoms with Gasteiger partial charge in [-0.2, -0.15) is 5.10 Å². The van der Waals surface area contributed by atoms with Gasteiger partial charge in [-0.25, -0.2) is 4.68 Å². The zero-order valence-corrected chi connectivity index (χ0v) is 10.6. The van der Waals surface area contributed by atoms with Gasteiger partial charge in [-0.15, -0.1) is 0 Å². The zero-order valence-electron chi connectivity index (χ0n) is 10.6. The minimum absolute atomic E-state index is 0.684. The fraction of sp³-hybridized carbons (Fsp3) is 0.308. The zero-order chi connectivity index (χ0) is 12.6. The summed E-state index contributed by atoms with van der Waals surface area (Å²) in [5.74, 6) is 0.732. The van der Waals surface area contributed by atoms with E-state index in [0.29, 0.717) is 5.69 Å². The summed E-state index contributed by atoms with van der Waals surface area (Å²) < 4.78 is 7.24. The molecule has 0 bridgehead atoms. The van der Waals surface area contributed by atoms with E-state index in [1.54, 1.807) is 13.2 Å². The molecule has 0 aliphatic heterocycles. The molecular formula is C13H17N3O. The third-order valence-electron chi connectivity index (χ3n) is 3.09. The topological polar surface area (TPSA) is 53.1 Å². The van der Waals surface area contributed by atoms with Crippen molar-refractivity contribution in [3.05, 3.63) is 35.2 Å². The molecule has 0 unspecified atom stereocenters. The van der Waals surface area contributed by atoms with E-state index in [-0.39, 0.29) is 0 Å². The highest BCUT2D eigenvalue weighted by Crippen LogP contribution is 2.27. The molecule has 0 saturated carbocycles. The van der Waals surface area contributed by atoms with Gasteiger partial charge in [0.15, 0.2) is 0 Å². The molecule has 1 heterocycles. The molecule has 0 amide bonds. The van der Waals surface area contributed by atoms with Crippen LogP contribution in [0.15, 0.2) is 18.2 Å². The van der Waals surface area contributed by atoms with Crippen LogP contribution in [0.5, 0.6) is 5.75 Å². The van der Waals surface area contributed by atoms with Crippen molar-refractivity contribution in [2.75, 3.05) is 12.8 Å². The second kappa shape index (κ2) is 4.13. The van der Waals surface area contributed by atoms with Crippen LogP contribution in [-0.2, 0) is 0 Å². The maximum Gasteiger partial charge on any atom is 0.146 e. The lowest BCUT2D eigenvalue weighted by molar-refractivity contribution is 0.411. The molecule has 0 saturated heterocycles. The summed E-state index contributed by atoms with van der Waals surface area (Å²) in [5, 5.41) is 4.51. The Hall–Kier alpha value is -1.97. The van der Waals surface area contributed by atoms with Gasteiger partial charge in [0.1, 0.15) is 11.4 Å². The van der Waals surface area contributed by atoms with Crippen LogP contribution in [0.2, 0.25) is 0 Å². The van der Waals surface area contributed by atoms with Gasteiger partial charge in [-0.05, 0) is 38.5 Å². The summed E-state index contributed by atoms with van der Waals surface area (Å²) >= 11 is 0. The predicted octanol–water partition coefficient (Wildman–Crippen LogP) is 2.39. The molecule has 1 aromatic carbocycles. The summed E-state index contributed by atoms with van der Waals surface area (Å²) in [7, 11) is 1.64. The van der Waals surface area contributed by atoms with E-state index in [9.17, 15) is 0 Å². The smallest absolute Gasteiger partial charge is 0.146 e. The molecule has 90 valence electrons. The molecule has 0 aliphatic carbocycles. The molecular weight excluding hydrogens is 214 g/mol. The minimum Gasteiger partial charge on any atom is -0.494 e. The van der Waals surface area contributed by atoms with Gasteiger partial charge in [0.2, 0.25) is 0 Å². The van der Waals surface area contributed by atoms with Crippen LogP contribution in [0.1, 0.15) is 17.0 Å². The van der Waals surface area contributed by atoms with Crippen molar-refractivity contribution in [3.63, 3.8) is 0 Å². The first-order valence-corrected chi connectivity index (χ1v) is 5.51. The normalized spacial score (nSPS) is 10.6. The van der Waals surface area contributed by atoms with Crippen LogP contribution >= 0.6 is 0 Å². The highest BCUT2D eigenvalue weighted by Gasteiger charge is 2.12. The van der Waals surface area contributed by atoms with Gasteiger partial charge in [-0.3, -0.25) is 0 Å². The Morgan fingerprint density at radius 3 is 2.47 bits per heavy atom. The van der Waals surface area contributed by atoms with E-state index >= 15 is 0 Å². The molecule has 0 aliphatic rings. The number of nitrogens with two attached hydrogens (primary N) is 1. The molecule has 0 radical (unpaired) electrons. The Balaban J connectivity index is 2.64. The van der Waals surface area contributed by atoms with Crippen molar-refractivity contribution < 1.29 is 4.74 Å². The predicted molar refractivity (Wildman–Crippen MR) is 68.7 cm³/mol. The van der Waals surface area contributed by atoms with Gasteiger partial charge < -0.3 is 10.5 Å². The molecule has 4 heteroatoms. The van der Waals surface area contributed by atoms with Gasteiger partial charge in [0.25, 0.3) is 0 Å². The van der Waals surface area contributed by atoms with E-state index in [1.165, 1.54) is 5.56 Å². The summed E-state index contributed by atoms with van der Waals surface area (Å²) in [6, 6.07) is 5.58. The number of hydrogen-bond donors (Lipinski definition) is 1. The minimum atomic E-state index is 0.684. The molecule has 17 heavy (non-hydrogen) atoms. The van der Waals surface area contributed by atoms with Gasteiger partial charge >= 0.3 is 0 Å². The Morgan fingerprint density at radius 1 is 1.24 bits per heavy atom. The summed E-state index contributed by atoms with van der Waals surface area (Å²) in [5.41, 5.74) is 10.7. The van der Waals surface area contributed by atoms with Crippen molar-refractivity contribution in [2.24, 2.45) is 0 Å². The molecule has 0 fully saturated rings. The number of hydrogen-bond acceptors (Lipinski definition) is 3. The molecule has 4 nitrogen and oxygen atoms in total. The number of aromatic nitrogens is 2. The standard InChI is InChI=1S/C13H17N3O/c1-8-9(2)15-16(10(8)3)12-6-5-11(14)7-13(12)17-4/h5-7H,14H2,1-4H3. The molecule has 2 N–H and O–H groups in total. The fourth-order valence-corrected chi connectivity index (χ4v) is 1.82. The number of nitrogens with zero attached hydrogens (tertiary/aromatic N) is 2. The second-order valence-electron chi connectivity index (χ2n) is 4.14. The van der Waals surface area contributed by atoms with Crippen LogP contribution < -0.4 is 10.5 Å².